The largest absolute Gasteiger partial charge is 0.487 e. The summed E-state index contributed by atoms with van der Waals surface area (Å²) < 4.78 is 32.7. The molecule has 1 N–H and O–H groups in total. The first-order valence-electron chi connectivity index (χ1n) is 10.8. The minimum absolute atomic E-state index is 0.149. The summed E-state index contributed by atoms with van der Waals surface area (Å²) in [5.41, 5.74) is 3.56. The summed E-state index contributed by atoms with van der Waals surface area (Å²) in [6.07, 6.45) is 2.15. The van der Waals surface area contributed by atoms with Crippen molar-refractivity contribution in [2.45, 2.75) is 58.6 Å². The van der Waals surface area contributed by atoms with Gasteiger partial charge in [0.25, 0.3) is 5.91 Å². The average molecular weight is 443 g/mol. The lowest BCUT2D eigenvalue weighted by molar-refractivity contribution is 0.0619. The first kappa shape index (κ1) is 21.7. The van der Waals surface area contributed by atoms with Gasteiger partial charge >= 0.3 is 0 Å². The van der Waals surface area contributed by atoms with E-state index in [0.29, 0.717) is 30.6 Å². The zero-order valence-electron chi connectivity index (χ0n) is 18.6. The molecule has 2 aliphatic heterocycles. The van der Waals surface area contributed by atoms with Crippen molar-refractivity contribution in [2.75, 3.05) is 16.6 Å². The van der Waals surface area contributed by atoms with Crippen molar-refractivity contribution in [2.24, 2.45) is 0 Å². The van der Waals surface area contributed by atoms with Crippen LogP contribution in [0.4, 0.5) is 5.69 Å². The van der Waals surface area contributed by atoms with Crippen LogP contribution in [0.3, 0.4) is 0 Å². The van der Waals surface area contributed by atoms with E-state index in [9.17, 15) is 13.2 Å². The van der Waals surface area contributed by atoms with Crippen LogP contribution < -0.4 is 14.4 Å². The highest BCUT2D eigenvalue weighted by atomic mass is 32.2. The Kier molecular flexibility index (Phi) is 5.50. The number of nitrogens with zero attached hydrogens (tertiary/aromatic N) is 1. The molecule has 2 aromatic rings. The second kappa shape index (κ2) is 7.86. The number of sulfonamides is 1. The first-order chi connectivity index (χ1) is 14.6. The van der Waals surface area contributed by atoms with E-state index in [1.807, 2.05) is 52.0 Å². The molecular formula is C24H30N2O4S. The standard InChI is InChI=1S/C24H30N2O4S/c1-16-7-10-19-20(15-24(3,4)30-22(19)13-16)25-23(27)18-9-8-17(2)21(14-18)26-11-5-6-12-31(26,28)29/h7-10,13-14,20H,5-6,11-12,15H2,1-4H3,(H,25,27)/t20-/m0/s1. The monoisotopic (exact) mass is 442 g/mol. The molecule has 2 aliphatic rings. The van der Waals surface area contributed by atoms with Gasteiger partial charge in [-0.15, -0.1) is 0 Å². The molecule has 1 amide bonds. The molecule has 0 radical (unpaired) electrons. The third kappa shape index (κ3) is 4.42. The third-order valence-electron chi connectivity index (χ3n) is 6.02. The van der Waals surface area contributed by atoms with Crippen molar-refractivity contribution in [3.8, 4) is 5.75 Å². The van der Waals surface area contributed by atoms with Crippen LogP contribution in [0.25, 0.3) is 0 Å². The van der Waals surface area contributed by atoms with Crippen molar-refractivity contribution < 1.29 is 17.9 Å². The Balaban J connectivity index is 1.63. The molecule has 2 heterocycles. The van der Waals surface area contributed by atoms with E-state index >= 15 is 0 Å². The molecule has 31 heavy (non-hydrogen) atoms. The smallest absolute Gasteiger partial charge is 0.251 e. The highest BCUT2D eigenvalue weighted by Crippen LogP contribution is 2.40. The zero-order valence-corrected chi connectivity index (χ0v) is 19.4. The van der Waals surface area contributed by atoms with E-state index in [1.54, 1.807) is 12.1 Å². The Morgan fingerprint density at radius 3 is 2.65 bits per heavy atom. The molecule has 0 aromatic heterocycles. The number of ether oxygens (including phenoxy) is 1. The Hall–Kier alpha value is -2.54. The van der Waals surface area contributed by atoms with E-state index in [1.165, 1.54) is 4.31 Å². The number of hydrogen-bond donors (Lipinski definition) is 1. The van der Waals surface area contributed by atoms with Crippen LogP contribution in [0.15, 0.2) is 36.4 Å². The summed E-state index contributed by atoms with van der Waals surface area (Å²) in [7, 11) is -3.34. The van der Waals surface area contributed by atoms with Gasteiger partial charge in [0.2, 0.25) is 10.0 Å². The number of aryl methyl sites for hydroxylation is 2. The maximum Gasteiger partial charge on any atom is 0.251 e. The maximum absolute atomic E-state index is 13.2. The number of benzene rings is 2. The normalized spacial score (nSPS) is 21.7. The molecule has 166 valence electrons. The van der Waals surface area contributed by atoms with Crippen LogP contribution in [-0.2, 0) is 10.0 Å². The highest BCUT2D eigenvalue weighted by Gasteiger charge is 2.35. The third-order valence-corrected chi connectivity index (χ3v) is 7.88. The van der Waals surface area contributed by atoms with Crippen LogP contribution in [-0.4, -0.2) is 32.2 Å². The van der Waals surface area contributed by atoms with Gasteiger partial charge in [0.05, 0.1) is 17.5 Å². The number of nitrogens with one attached hydrogen (secondary N) is 1. The number of carbonyl (C=O) groups excluding carboxylic acids is 1. The molecule has 6 nitrogen and oxygen atoms in total. The summed E-state index contributed by atoms with van der Waals surface area (Å²) in [6.45, 7) is 8.38. The molecule has 0 saturated carbocycles. The van der Waals surface area contributed by atoms with Crippen LogP contribution in [0.5, 0.6) is 5.75 Å². The summed E-state index contributed by atoms with van der Waals surface area (Å²) in [4.78, 5) is 13.2. The van der Waals surface area contributed by atoms with Crippen LogP contribution >= 0.6 is 0 Å². The van der Waals surface area contributed by atoms with E-state index in [2.05, 4.69) is 5.32 Å². The average Bonchev–Trinajstić information content (AvgIpc) is 2.67. The molecule has 0 bridgehead atoms. The van der Waals surface area contributed by atoms with Crippen LogP contribution in [0.1, 0.15) is 66.2 Å². The van der Waals surface area contributed by atoms with Crippen LogP contribution in [0.2, 0.25) is 0 Å². The van der Waals surface area contributed by atoms with Gasteiger partial charge in [-0.1, -0.05) is 18.2 Å². The number of amides is 1. The predicted octanol–water partition coefficient (Wildman–Crippen LogP) is 4.27. The van der Waals surface area contributed by atoms with Crippen molar-refractivity contribution in [1.82, 2.24) is 5.32 Å². The van der Waals surface area contributed by atoms with Gasteiger partial charge in [0.1, 0.15) is 11.4 Å². The lowest BCUT2D eigenvalue weighted by Crippen LogP contribution is -2.41. The fourth-order valence-corrected chi connectivity index (χ4v) is 6.10. The molecule has 4 rings (SSSR count). The quantitative estimate of drug-likeness (QED) is 0.770. The minimum atomic E-state index is -3.34. The topological polar surface area (TPSA) is 75.7 Å². The Bertz CT molecular complexity index is 1120. The number of rotatable bonds is 3. The van der Waals surface area contributed by atoms with Gasteiger partial charge in [0, 0.05) is 24.1 Å². The molecular weight excluding hydrogens is 412 g/mol. The predicted molar refractivity (Wildman–Crippen MR) is 122 cm³/mol. The fourth-order valence-electron chi connectivity index (χ4n) is 4.41. The lowest BCUT2D eigenvalue weighted by atomic mass is 9.89. The Morgan fingerprint density at radius 1 is 1.13 bits per heavy atom. The van der Waals surface area contributed by atoms with Crippen molar-refractivity contribution in [3.05, 3.63) is 58.7 Å². The summed E-state index contributed by atoms with van der Waals surface area (Å²) in [5.74, 6) is 0.728. The molecule has 1 fully saturated rings. The Morgan fingerprint density at radius 2 is 1.90 bits per heavy atom. The van der Waals surface area contributed by atoms with Crippen molar-refractivity contribution >= 4 is 21.6 Å². The Labute approximate surface area is 184 Å². The van der Waals surface area contributed by atoms with Gasteiger partial charge in [-0.25, -0.2) is 8.42 Å². The maximum atomic E-state index is 13.2. The van der Waals surface area contributed by atoms with Gasteiger partial charge in [0.15, 0.2) is 0 Å². The lowest BCUT2D eigenvalue weighted by Gasteiger charge is -2.38. The number of carbonyl (C=O) groups is 1. The van der Waals surface area contributed by atoms with E-state index in [0.717, 1.165) is 28.9 Å². The van der Waals surface area contributed by atoms with Crippen LogP contribution in [0, 0.1) is 13.8 Å². The van der Waals surface area contributed by atoms with Gasteiger partial charge in [-0.05, 0) is 69.9 Å². The number of fused-ring (bicyclic) bond motifs is 1. The summed E-state index contributed by atoms with van der Waals surface area (Å²) in [5, 5.41) is 3.15. The summed E-state index contributed by atoms with van der Waals surface area (Å²) >= 11 is 0. The molecule has 0 aliphatic carbocycles. The molecule has 0 unspecified atom stereocenters. The number of anilines is 1. The van der Waals surface area contributed by atoms with E-state index in [-0.39, 0.29) is 17.7 Å². The van der Waals surface area contributed by atoms with E-state index in [4.69, 9.17) is 4.74 Å². The van der Waals surface area contributed by atoms with Gasteiger partial charge in [-0.3, -0.25) is 9.10 Å². The van der Waals surface area contributed by atoms with Gasteiger partial charge < -0.3 is 10.1 Å². The molecule has 1 saturated heterocycles. The second-order valence-electron chi connectivity index (χ2n) is 9.23. The van der Waals surface area contributed by atoms with Crippen molar-refractivity contribution in [3.63, 3.8) is 0 Å². The highest BCUT2D eigenvalue weighted by molar-refractivity contribution is 7.92. The molecule has 0 spiro atoms. The SMILES string of the molecule is Cc1ccc2c(c1)OC(C)(C)C[C@@H]2NC(=O)c1ccc(C)c(N2CCCCS2(=O)=O)c1. The number of hydrogen-bond acceptors (Lipinski definition) is 4. The second-order valence-corrected chi connectivity index (χ2v) is 11.2. The first-order valence-corrected chi connectivity index (χ1v) is 12.4. The molecule has 1 atom stereocenters. The van der Waals surface area contributed by atoms with E-state index < -0.39 is 15.6 Å². The summed E-state index contributed by atoms with van der Waals surface area (Å²) in [6, 6.07) is 11.1. The van der Waals surface area contributed by atoms with Gasteiger partial charge in [-0.2, -0.15) is 0 Å². The zero-order chi connectivity index (χ0) is 22.4. The van der Waals surface area contributed by atoms with Crippen molar-refractivity contribution in [1.29, 1.82) is 0 Å². The minimum Gasteiger partial charge on any atom is -0.487 e. The molecule has 2 aromatic carbocycles. The molecule has 7 heteroatoms. The fraction of sp³-hybridized carbons (Fsp3) is 0.458.